The van der Waals surface area contributed by atoms with E-state index in [-0.39, 0.29) is 11.0 Å². The molecule has 1 aliphatic rings. The summed E-state index contributed by atoms with van der Waals surface area (Å²) in [4.78, 5) is 33.4. The van der Waals surface area contributed by atoms with E-state index >= 15 is 0 Å². The third kappa shape index (κ3) is 4.54. The number of amides is 2. The van der Waals surface area contributed by atoms with Crippen molar-refractivity contribution in [3.8, 4) is 0 Å². The second kappa shape index (κ2) is 8.27. The number of nitrogens with zero attached hydrogens (tertiary/aromatic N) is 3. The summed E-state index contributed by atoms with van der Waals surface area (Å²) in [6.45, 7) is 2.92. The van der Waals surface area contributed by atoms with Gasteiger partial charge in [-0.05, 0) is 37.4 Å². The molecule has 2 aromatic carbocycles. The molecule has 0 unspecified atom stereocenters. The Kier molecular flexibility index (Phi) is 5.67. The molecule has 1 fully saturated rings. The molecule has 0 atom stereocenters. The number of alkyl halides is 3. The minimum atomic E-state index is -4.64. The van der Waals surface area contributed by atoms with E-state index in [1.165, 1.54) is 12.1 Å². The van der Waals surface area contributed by atoms with E-state index < -0.39 is 23.2 Å². The molecule has 1 saturated heterocycles. The van der Waals surface area contributed by atoms with Crippen LogP contribution in [0.25, 0.3) is 10.2 Å². The molecule has 0 radical (unpaired) electrons. The Morgan fingerprint density at radius 2 is 1.77 bits per heavy atom. The summed E-state index contributed by atoms with van der Waals surface area (Å²) >= 11 is 1.11. The third-order valence-electron chi connectivity index (χ3n) is 5.12. The van der Waals surface area contributed by atoms with Crippen LogP contribution in [0.5, 0.6) is 0 Å². The van der Waals surface area contributed by atoms with E-state index in [0.29, 0.717) is 28.9 Å². The Hall–Kier alpha value is -2.98. The SMILES string of the molecule is CN1CCN(C(=O)c2ccc3nc(NC(=O)c4ccccc4C(F)(F)F)sc3c2)CC1. The van der Waals surface area contributed by atoms with Crippen LogP contribution in [-0.4, -0.2) is 59.8 Å². The zero-order valence-corrected chi connectivity index (χ0v) is 17.4. The molecule has 6 nitrogen and oxygen atoms in total. The molecule has 4 rings (SSSR count). The molecule has 1 aromatic heterocycles. The molecule has 0 spiro atoms. The topological polar surface area (TPSA) is 65.5 Å². The van der Waals surface area contributed by atoms with Gasteiger partial charge in [-0.25, -0.2) is 4.98 Å². The number of fused-ring (bicyclic) bond motifs is 1. The number of nitrogens with one attached hydrogen (secondary N) is 1. The number of aromatic nitrogens is 1. The van der Waals surface area contributed by atoms with E-state index in [1.54, 1.807) is 23.1 Å². The van der Waals surface area contributed by atoms with Gasteiger partial charge in [-0.15, -0.1) is 0 Å². The van der Waals surface area contributed by atoms with Crippen molar-refractivity contribution < 1.29 is 22.8 Å². The molecule has 1 aliphatic heterocycles. The summed E-state index contributed by atoms with van der Waals surface area (Å²) in [6.07, 6.45) is -4.64. The van der Waals surface area contributed by atoms with Crippen molar-refractivity contribution in [2.75, 3.05) is 38.5 Å². The monoisotopic (exact) mass is 448 g/mol. The first kappa shape index (κ1) is 21.3. The number of hydrogen-bond acceptors (Lipinski definition) is 5. The minimum absolute atomic E-state index is 0.0758. The Bertz CT molecular complexity index is 1140. The Morgan fingerprint density at radius 3 is 2.48 bits per heavy atom. The van der Waals surface area contributed by atoms with Crippen molar-refractivity contribution in [1.29, 1.82) is 0 Å². The first-order chi connectivity index (χ1) is 14.7. The number of halogens is 3. The van der Waals surface area contributed by atoms with Crippen LogP contribution in [0.1, 0.15) is 26.3 Å². The summed E-state index contributed by atoms with van der Waals surface area (Å²) in [5, 5.41) is 2.61. The average molecular weight is 448 g/mol. The van der Waals surface area contributed by atoms with Crippen molar-refractivity contribution >= 4 is 38.5 Å². The molecule has 0 bridgehead atoms. The van der Waals surface area contributed by atoms with Crippen LogP contribution in [0.3, 0.4) is 0 Å². The second-order valence-corrected chi connectivity index (χ2v) is 8.33. The molecule has 3 aromatic rings. The highest BCUT2D eigenvalue weighted by Crippen LogP contribution is 2.33. The molecule has 0 saturated carbocycles. The highest BCUT2D eigenvalue weighted by Gasteiger charge is 2.35. The van der Waals surface area contributed by atoms with E-state index in [4.69, 9.17) is 0 Å². The summed E-state index contributed by atoms with van der Waals surface area (Å²) in [6, 6.07) is 9.64. The van der Waals surface area contributed by atoms with E-state index in [2.05, 4.69) is 15.2 Å². The number of rotatable bonds is 3. The zero-order chi connectivity index (χ0) is 22.2. The zero-order valence-electron chi connectivity index (χ0n) is 16.6. The van der Waals surface area contributed by atoms with Crippen LogP contribution in [0.4, 0.5) is 18.3 Å². The Morgan fingerprint density at radius 1 is 1.06 bits per heavy atom. The van der Waals surface area contributed by atoms with Crippen LogP contribution in [-0.2, 0) is 6.18 Å². The van der Waals surface area contributed by atoms with Crippen molar-refractivity contribution in [3.05, 3.63) is 59.2 Å². The maximum Gasteiger partial charge on any atom is 0.417 e. The summed E-state index contributed by atoms with van der Waals surface area (Å²) < 4.78 is 40.2. The first-order valence-electron chi connectivity index (χ1n) is 9.58. The van der Waals surface area contributed by atoms with Crippen molar-refractivity contribution in [2.24, 2.45) is 0 Å². The maximum atomic E-state index is 13.2. The maximum absolute atomic E-state index is 13.2. The van der Waals surface area contributed by atoms with Crippen LogP contribution in [0.15, 0.2) is 42.5 Å². The smallest absolute Gasteiger partial charge is 0.336 e. The number of piperazine rings is 1. The van der Waals surface area contributed by atoms with Crippen molar-refractivity contribution in [2.45, 2.75) is 6.18 Å². The normalized spacial score (nSPS) is 15.3. The van der Waals surface area contributed by atoms with E-state index in [0.717, 1.165) is 36.6 Å². The van der Waals surface area contributed by atoms with Gasteiger partial charge in [0.1, 0.15) is 0 Å². The number of carbonyl (C=O) groups is 2. The van der Waals surface area contributed by atoms with Crippen molar-refractivity contribution in [3.63, 3.8) is 0 Å². The summed E-state index contributed by atoms with van der Waals surface area (Å²) in [5.41, 5.74) is -0.408. The Labute approximate surface area is 180 Å². The molecule has 2 amide bonds. The number of hydrogen-bond donors (Lipinski definition) is 1. The predicted molar refractivity (Wildman–Crippen MR) is 112 cm³/mol. The number of benzene rings is 2. The van der Waals surface area contributed by atoms with Crippen LogP contribution in [0, 0.1) is 0 Å². The third-order valence-corrected chi connectivity index (χ3v) is 6.06. The fraction of sp³-hybridized carbons (Fsp3) is 0.286. The van der Waals surface area contributed by atoms with Crippen LogP contribution in [0.2, 0.25) is 0 Å². The van der Waals surface area contributed by atoms with Gasteiger partial charge in [0.05, 0.1) is 21.3 Å². The number of thiazole rings is 1. The molecule has 10 heteroatoms. The molecule has 0 aliphatic carbocycles. The van der Waals surface area contributed by atoms with Crippen LogP contribution < -0.4 is 5.32 Å². The van der Waals surface area contributed by atoms with Gasteiger partial charge < -0.3 is 9.80 Å². The first-order valence-corrected chi connectivity index (χ1v) is 10.4. The van der Waals surface area contributed by atoms with Gasteiger partial charge in [0, 0.05) is 31.7 Å². The summed E-state index contributed by atoms with van der Waals surface area (Å²) in [5.74, 6) is -0.964. The molecule has 31 heavy (non-hydrogen) atoms. The quantitative estimate of drug-likeness (QED) is 0.659. The van der Waals surface area contributed by atoms with Gasteiger partial charge >= 0.3 is 6.18 Å². The second-order valence-electron chi connectivity index (χ2n) is 7.29. The van der Waals surface area contributed by atoms with Gasteiger partial charge in [0.15, 0.2) is 5.13 Å². The lowest BCUT2D eigenvalue weighted by Crippen LogP contribution is -2.47. The summed E-state index contributed by atoms with van der Waals surface area (Å²) in [7, 11) is 2.01. The highest BCUT2D eigenvalue weighted by molar-refractivity contribution is 7.22. The standard InChI is InChI=1S/C21H19F3N4O2S/c1-27-8-10-28(11-9-27)19(30)13-6-7-16-17(12-13)31-20(25-16)26-18(29)14-4-2-3-5-15(14)21(22,23)24/h2-7,12H,8-11H2,1H3,(H,25,26,29). The largest absolute Gasteiger partial charge is 0.417 e. The molecular weight excluding hydrogens is 429 g/mol. The fourth-order valence-corrected chi connectivity index (χ4v) is 4.30. The van der Waals surface area contributed by atoms with Crippen molar-refractivity contribution in [1.82, 2.24) is 14.8 Å². The predicted octanol–water partition coefficient (Wildman–Crippen LogP) is 3.96. The minimum Gasteiger partial charge on any atom is -0.336 e. The number of carbonyl (C=O) groups excluding carboxylic acids is 2. The number of likely N-dealkylation sites (N-methyl/N-ethyl adjacent to an activating group) is 1. The molecule has 2 heterocycles. The lowest BCUT2D eigenvalue weighted by Gasteiger charge is -2.32. The van der Waals surface area contributed by atoms with Crippen LogP contribution >= 0.6 is 11.3 Å². The molecule has 1 N–H and O–H groups in total. The number of anilines is 1. The lowest BCUT2D eigenvalue weighted by atomic mass is 10.1. The van der Waals surface area contributed by atoms with Gasteiger partial charge in [0.2, 0.25) is 0 Å². The van der Waals surface area contributed by atoms with Gasteiger partial charge in [-0.2, -0.15) is 13.2 Å². The molecular formula is C21H19F3N4O2S. The Balaban J connectivity index is 1.54. The van der Waals surface area contributed by atoms with Gasteiger partial charge in [-0.3, -0.25) is 14.9 Å². The lowest BCUT2D eigenvalue weighted by molar-refractivity contribution is -0.137. The van der Waals surface area contributed by atoms with Gasteiger partial charge in [-0.1, -0.05) is 23.5 Å². The van der Waals surface area contributed by atoms with E-state index in [9.17, 15) is 22.8 Å². The highest BCUT2D eigenvalue weighted by atomic mass is 32.1. The van der Waals surface area contributed by atoms with E-state index in [1.807, 2.05) is 7.05 Å². The average Bonchev–Trinajstić information content (AvgIpc) is 3.14. The van der Waals surface area contributed by atoms with Gasteiger partial charge in [0.25, 0.3) is 11.8 Å². The fourth-order valence-electron chi connectivity index (χ4n) is 3.40. The molecule has 162 valence electrons.